The molecule has 0 saturated heterocycles. The zero-order chi connectivity index (χ0) is 19.6. The molecular formula is C25H16BrN3. The van der Waals surface area contributed by atoms with Crippen LogP contribution in [0.25, 0.3) is 44.9 Å². The minimum absolute atomic E-state index is 0.657. The van der Waals surface area contributed by atoms with Crippen LogP contribution in [0.2, 0.25) is 0 Å². The van der Waals surface area contributed by atoms with Gasteiger partial charge in [-0.05, 0) is 22.9 Å². The molecule has 0 fully saturated rings. The largest absolute Gasteiger partial charge is 0.208 e. The van der Waals surface area contributed by atoms with E-state index in [1.54, 1.807) is 0 Å². The van der Waals surface area contributed by atoms with E-state index in [9.17, 15) is 0 Å². The van der Waals surface area contributed by atoms with E-state index in [-0.39, 0.29) is 0 Å². The standard InChI is InChI=1S/C25H16BrN3/c26-22-16-20(15-19-13-7-8-14-21(19)22)25-28-23(17-9-3-1-4-10-17)27-24(29-25)18-11-5-2-6-12-18/h1-16H. The van der Waals surface area contributed by atoms with Crippen molar-refractivity contribution < 1.29 is 0 Å². The molecule has 0 N–H and O–H groups in total. The third-order valence-corrected chi connectivity index (χ3v) is 5.42. The highest BCUT2D eigenvalue weighted by molar-refractivity contribution is 9.10. The second-order valence-electron chi connectivity index (χ2n) is 6.72. The van der Waals surface area contributed by atoms with E-state index < -0.39 is 0 Å². The maximum Gasteiger partial charge on any atom is 0.164 e. The highest BCUT2D eigenvalue weighted by Gasteiger charge is 2.13. The summed E-state index contributed by atoms with van der Waals surface area (Å²) in [5.41, 5.74) is 2.88. The van der Waals surface area contributed by atoms with Crippen LogP contribution < -0.4 is 0 Å². The van der Waals surface area contributed by atoms with Gasteiger partial charge in [0.25, 0.3) is 0 Å². The Morgan fingerprint density at radius 2 is 0.966 bits per heavy atom. The minimum Gasteiger partial charge on any atom is -0.208 e. The Morgan fingerprint density at radius 3 is 1.55 bits per heavy atom. The van der Waals surface area contributed by atoms with Crippen LogP contribution in [0.5, 0.6) is 0 Å². The molecule has 3 nitrogen and oxygen atoms in total. The topological polar surface area (TPSA) is 38.7 Å². The van der Waals surface area contributed by atoms with Crippen molar-refractivity contribution in [2.75, 3.05) is 0 Å². The molecule has 0 unspecified atom stereocenters. The van der Waals surface area contributed by atoms with Gasteiger partial charge in [0.05, 0.1) is 0 Å². The molecule has 0 bridgehead atoms. The lowest BCUT2D eigenvalue weighted by Gasteiger charge is -2.10. The molecule has 0 saturated carbocycles. The maximum absolute atomic E-state index is 4.80. The van der Waals surface area contributed by atoms with Gasteiger partial charge < -0.3 is 0 Å². The lowest BCUT2D eigenvalue weighted by atomic mass is 10.1. The first kappa shape index (κ1) is 17.7. The highest BCUT2D eigenvalue weighted by atomic mass is 79.9. The van der Waals surface area contributed by atoms with Gasteiger partial charge in [-0.1, -0.05) is 101 Å². The fraction of sp³-hybridized carbons (Fsp3) is 0. The molecule has 5 aromatic rings. The summed E-state index contributed by atoms with van der Waals surface area (Å²) in [5, 5.41) is 2.30. The molecule has 5 rings (SSSR count). The number of halogens is 1. The van der Waals surface area contributed by atoms with Gasteiger partial charge in [-0.15, -0.1) is 0 Å². The van der Waals surface area contributed by atoms with Crippen LogP contribution in [0.4, 0.5) is 0 Å². The summed E-state index contributed by atoms with van der Waals surface area (Å²) in [6.45, 7) is 0. The number of rotatable bonds is 3. The van der Waals surface area contributed by atoms with E-state index in [0.717, 1.165) is 31.9 Å². The van der Waals surface area contributed by atoms with Crippen LogP contribution in [-0.2, 0) is 0 Å². The summed E-state index contributed by atoms with van der Waals surface area (Å²) in [7, 11) is 0. The molecule has 0 atom stereocenters. The quantitative estimate of drug-likeness (QED) is 0.311. The van der Waals surface area contributed by atoms with E-state index >= 15 is 0 Å². The lowest BCUT2D eigenvalue weighted by molar-refractivity contribution is 1.07. The van der Waals surface area contributed by atoms with Gasteiger partial charge in [0.2, 0.25) is 0 Å². The van der Waals surface area contributed by atoms with Crippen LogP contribution in [-0.4, -0.2) is 15.0 Å². The van der Waals surface area contributed by atoms with Crippen molar-refractivity contribution in [1.29, 1.82) is 0 Å². The van der Waals surface area contributed by atoms with Crippen molar-refractivity contribution >= 4 is 26.7 Å². The van der Waals surface area contributed by atoms with Crippen LogP contribution >= 0.6 is 15.9 Å². The monoisotopic (exact) mass is 437 g/mol. The Morgan fingerprint density at radius 1 is 0.483 bits per heavy atom. The number of hydrogen-bond donors (Lipinski definition) is 0. The van der Waals surface area contributed by atoms with Gasteiger partial charge in [-0.2, -0.15) is 0 Å². The summed E-state index contributed by atoms with van der Waals surface area (Å²) >= 11 is 3.70. The molecule has 4 aromatic carbocycles. The third-order valence-electron chi connectivity index (χ3n) is 4.77. The molecule has 1 aromatic heterocycles. The lowest BCUT2D eigenvalue weighted by Crippen LogP contribution is -2.00. The van der Waals surface area contributed by atoms with Gasteiger partial charge in [0.15, 0.2) is 17.5 Å². The van der Waals surface area contributed by atoms with Crippen LogP contribution in [0.3, 0.4) is 0 Å². The van der Waals surface area contributed by atoms with E-state index in [1.165, 1.54) is 0 Å². The average molecular weight is 438 g/mol. The average Bonchev–Trinajstić information content (AvgIpc) is 2.80. The van der Waals surface area contributed by atoms with Crippen molar-refractivity contribution in [1.82, 2.24) is 15.0 Å². The summed E-state index contributed by atoms with van der Waals surface area (Å²) in [6.07, 6.45) is 0. The Kier molecular flexibility index (Phi) is 4.62. The smallest absolute Gasteiger partial charge is 0.164 e. The fourth-order valence-electron chi connectivity index (χ4n) is 3.33. The molecule has 0 radical (unpaired) electrons. The molecule has 29 heavy (non-hydrogen) atoms. The van der Waals surface area contributed by atoms with Crippen molar-refractivity contribution in [2.45, 2.75) is 0 Å². The van der Waals surface area contributed by atoms with Crippen LogP contribution in [0, 0.1) is 0 Å². The van der Waals surface area contributed by atoms with Gasteiger partial charge >= 0.3 is 0 Å². The molecule has 0 aliphatic rings. The Bertz CT molecular complexity index is 1240. The number of benzene rings is 4. The molecular weight excluding hydrogens is 422 g/mol. The Balaban J connectivity index is 1.74. The first-order valence-electron chi connectivity index (χ1n) is 9.33. The van der Waals surface area contributed by atoms with Gasteiger partial charge in [0, 0.05) is 21.2 Å². The Labute approximate surface area is 177 Å². The fourth-order valence-corrected chi connectivity index (χ4v) is 3.94. The molecule has 0 amide bonds. The molecule has 0 aliphatic heterocycles. The summed E-state index contributed by atoms with van der Waals surface area (Å²) in [5.74, 6) is 1.99. The second kappa shape index (κ2) is 7.57. The number of hydrogen-bond acceptors (Lipinski definition) is 3. The molecule has 0 aliphatic carbocycles. The van der Waals surface area contributed by atoms with Gasteiger partial charge in [0.1, 0.15) is 0 Å². The van der Waals surface area contributed by atoms with Gasteiger partial charge in [-0.25, -0.2) is 15.0 Å². The van der Waals surface area contributed by atoms with Crippen LogP contribution in [0.1, 0.15) is 0 Å². The van der Waals surface area contributed by atoms with Crippen molar-refractivity contribution in [3.05, 3.63) is 102 Å². The zero-order valence-corrected chi connectivity index (χ0v) is 17.0. The van der Waals surface area contributed by atoms with Crippen LogP contribution in [0.15, 0.2) is 102 Å². The summed E-state index contributed by atoms with van der Waals surface area (Å²) in [4.78, 5) is 14.4. The Hall–Kier alpha value is -3.37. The number of fused-ring (bicyclic) bond motifs is 1. The molecule has 4 heteroatoms. The first-order valence-corrected chi connectivity index (χ1v) is 10.1. The normalized spacial score (nSPS) is 10.9. The third kappa shape index (κ3) is 3.55. The van der Waals surface area contributed by atoms with Crippen molar-refractivity contribution in [3.63, 3.8) is 0 Å². The van der Waals surface area contributed by atoms with Crippen molar-refractivity contribution in [2.24, 2.45) is 0 Å². The predicted octanol–water partition coefficient (Wildman–Crippen LogP) is 6.79. The van der Waals surface area contributed by atoms with Crippen molar-refractivity contribution in [3.8, 4) is 34.2 Å². The minimum atomic E-state index is 0.657. The predicted molar refractivity (Wildman–Crippen MR) is 121 cm³/mol. The van der Waals surface area contributed by atoms with E-state index in [1.807, 2.05) is 72.8 Å². The summed E-state index contributed by atoms with van der Waals surface area (Å²) < 4.78 is 1.02. The van der Waals surface area contributed by atoms with E-state index in [2.05, 4.69) is 40.2 Å². The second-order valence-corrected chi connectivity index (χ2v) is 7.57. The van der Waals surface area contributed by atoms with E-state index in [0.29, 0.717) is 17.5 Å². The number of nitrogens with zero attached hydrogens (tertiary/aromatic N) is 3. The first-order chi connectivity index (χ1) is 14.3. The zero-order valence-electron chi connectivity index (χ0n) is 15.5. The highest BCUT2D eigenvalue weighted by Crippen LogP contribution is 2.31. The summed E-state index contributed by atoms with van der Waals surface area (Å²) in [6, 6.07) is 32.5. The number of aromatic nitrogens is 3. The van der Waals surface area contributed by atoms with E-state index in [4.69, 9.17) is 15.0 Å². The SMILES string of the molecule is Brc1cc(-c2nc(-c3ccccc3)nc(-c3ccccc3)n2)cc2ccccc12. The van der Waals surface area contributed by atoms with Gasteiger partial charge in [-0.3, -0.25) is 0 Å². The maximum atomic E-state index is 4.80. The molecule has 138 valence electrons. The molecule has 0 spiro atoms. The molecule has 1 heterocycles.